The van der Waals surface area contributed by atoms with Crippen LogP contribution in [0, 0.1) is 40.7 Å². The van der Waals surface area contributed by atoms with E-state index >= 15 is 0 Å². The lowest BCUT2D eigenvalue weighted by Gasteiger charge is -2.38. The second-order valence-corrected chi connectivity index (χ2v) is 14.7. The number of ether oxygens (including phenoxy) is 4. The van der Waals surface area contributed by atoms with E-state index in [0.717, 1.165) is 12.5 Å². The van der Waals surface area contributed by atoms with Gasteiger partial charge in [-0.3, -0.25) is 14.4 Å². The van der Waals surface area contributed by atoms with Crippen LogP contribution in [-0.4, -0.2) is 97.7 Å². The maximum Gasteiger partial charge on any atom is 0.312 e. The van der Waals surface area contributed by atoms with Gasteiger partial charge in [-0.25, -0.2) is 10.1 Å². The van der Waals surface area contributed by atoms with Gasteiger partial charge in [0.1, 0.15) is 23.4 Å². The van der Waals surface area contributed by atoms with Gasteiger partial charge in [0, 0.05) is 61.2 Å². The number of phenolic OH excluding ortho intramolecular Hbond substituents is 3. The molecular formula is C39H50N6O14. The molecule has 3 heterocycles. The molecule has 0 spiro atoms. The third-order valence-electron chi connectivity index (χ3n) is 10.6. The predicted octanol–water partition coefficient (Wildman–Crippen LogP) is 3.18. The lowest BCUT2D eigenvalue weighted by Crippen LogP contribution is -2.46. The number of fused-ring (bicyclic) bond motifs is 14. The van der Waals surface area contributed by atoms with Crippen molar-refractivity contribution in [2.45, 2.75) is 85.6 Å². The van der Waals surface area contributed by atoms with Crippen LogP contribution in [0.4, 0.5) is 5.69 Å². The number of nitrogens with one attached hydrogen (secondary N) is 2. The number of aromatic hydroxyl groups is 3. The van der Waals surface area contributed by atoms with Gasteiger partial charge in [-0.2, -0.15) is 5.10 Å². The Morgan fingerprint density at radius 2 is 1.69 bits per heavy atom. The van der Waals surface area contributed by atoms with Crippen molar-refractivity contribution in [3.05, 3.63) is 62.9 Å². The fourth-order valence-electron chi connectivity index (χ4n) is 7.14. The number of aliphatic hydroxyl groups excluding tert-OH is 2. The number of anilines is 1. The van der Waals surface area contributed by atoms with Crippen LogP contribution in [0.1, 0.15) is 70.0 Å². The summed E-state index contributed by atoms with van der Waals surface area (Å²) < 4.78 is 23.3. The van der Waals surface area contributed by atoms with E-state index in [9.17, 15) is 50.0 Å². The largest absolute Gasteiger partial charge is 0.507 e. The number of hydrogen-bond acceptors (Lipinski definition) is 16. The minimum atomic E-state index is -2.15. The molecule has 0 aliphatic carbocycles. The first-order valence-electron chi connectivity index (χ1n) is 18.4. The van der Waals surface area contributed by atoms with E-state index < -0.39 is 122 Å². The van der Waals surface area contributed by atoms with Crippen molar-refractivity contribution in [3.8, 4) is 23.0 Å². The van der Waals surface area contributed by atoms with Crippen LogP contribution in [0.3, 0.4) is 0 Å². The molecule has 0 aromatic heterocycles. The monoisotopic (exact) mass is 826 g/mol. The number of methoxy groups -OCH3 is 1. The number of hydrazine groups is 1. The highest BCUT2D eigenvalue weighted by molar-refractivity contribution is 6.23. The van der Waals surface area contributed by atoms with Crippen molar-refractivity contribution < 1.29 is 63.9 Å². The second kappa shape index (κ2) is 18.1. The second-order valence-electron chi connectivity index (χ2n) is 14.7. The molecule has 0 fully saturated rings. The van der Waals surface area contributed by atoms with Crippen LogP contribution < -0.4 is 21.2 Å². The van der Waals surface area contributed by atoms with Gasteiger partial charge in [0.2, 0.25) is 0 Å². The topological polar surface area (TPSA) is 307 Å². The van der Waals surface area contributed by atoms with Gasteiger partial charge < -0.3 is 55.5 Å². The molecule has 9 N–H and O–H groups in total. The molecule has 0 saturated carbocycles. The first-order valence-corrected chi connectivity index (χ1v) is 18.4. The summed E-state index contributed by atoms with van der Waals surface area (Å²) in [5, 5.41) is 76.2. The maximum absolute atomic E-state index is 14.3. The highest BCUT2D eigenvalue weighted by atomic mass is 16.7. The number of nitrogens with zero attached hydrogens (tertiary/aromatic N) is 3. The number of carbonyl (C=O) groups is 3. The SMILES string of the molecule is CO[C@H]1/C=C/O[C@@]2(C)Oc3c(C)c(O)c4c(O)c(c(C=N/N=C(\N)N[N+](=O)[O-])c(O)c4c3C2=O)NC(=O)/C(C)=C\C=C\[C@H](C)[C@@H](O)[C@@H](C)[C@H](O)[C@@H](C)[C@H](OC(C)=O)[C@H]1C. The van der Waals surface area contributed by atoms with Gasteiger partial charge in [-0.1, -0.05) is 51.3 Å². The molecule has 0 saturated heterocycles. The third kappa shape index (κ3) is 9.24. The van der Waals surface area contributed by atoms with Crippen molar-refractivity contribution >= 4 is 46.3 Å². The molecule has 5 bridgehead atoms. The van der Waals surface area contributed by atoms with Gasteiger partial charge >= 0.3 is 11.8 Å². The first kappa shape index (κ1) is 45.5. The van der Waals surface area contributed by atoms with E-state index in [0.29, 0.717) is 0 Å². The predicted molar refractivity (Wildman–Crippen MR) is 213 cm³/mol. The Morgan fingerprint density at radius 3 is 2.31 bits per heavy atom. The average Bonchev–Trinajstić information content (AvgIpc) is 3.43. The van der Waals surface area contributed by atoms with Crippen LogP contribution in [0.2, 0.25) is 0 Å². The zero-order chi connectivity index (χ0) is 44.3. The van der Waals surface area contributed by atoms with Gasteiger partial charge in [0.15, 0.2) is 10.8 Å². The standard InChI is InChI=1S/C39H50N6O14/c1-16-11-10-12-17(2)37(53)42-28-23(15-41-43-38(40)44-45(54)55)32(50)25-26(33(28)51)31(49)21(6)35-27(25)36(52)39(8,59-35)57-14-13-24(56-9)18(3)34(58-22(7)46)20(5)30(48)19(4)29(16)47/h10-16,18-20,24,29-30,34,47-51H,1-9H3,(H,42,53)(H3,40,43,44)/b11-10+,14-13+,17-12-,41-15?/t16-,18-,19+,20+,24-,29+,30-,34+,39-/m0/s1. The van der Waals surface area contributed by atoms with Crippen molar-refractivity contribution in [3.63, 3.8) is 0 Å². The summed E-state index contributed by atoms with van der Waals surface area (Å²) >= 11 is 0. The van der Waals surface area contributed by atoms with E-state index in [1.165, 1.54) is 53.0 Å². The summed E-state index contributed by atoms with van der Waals surface area (Å²) in [6.45, 7) is 12.0. The van der Waals surface area contributed by atoms with Gasteiger partial charge in [0.05, 0.1) is 53.0 Å². The Bertz CT molecular complexity index is 2170. The van der Waals surface area contributed by atoms with Crippen LogP contribution in [0.15, 0.2) is 46.3 Å². The molecular weight excluding hydrogens is 776 g/mol. The fraction of sp³-hybridized carbons (Fsp3) is 0.462. The molecule has 3 aliphatic rings. The molecule has 2 aromatic rings. The lowest BCUT2D eigenvalue weighted by atomic mass is 9.78. The highest BCUT2D eigenvalue weighted by Crippen LogP contribution is 2.55. The van der Waals surface area contributed by atoms with Crippen LogP contribution in [0.25, 0.3) is 10.8 Å². The Kier molecular flexibility index (Phi) is 14.0. The Balaban J connectivity index is 1.99. The number of carbonyl (C=O) groups excluding carboxylic acids is 3. The van der Waals surface area contributed by atoms with Gasteiger partial charge in [0.25, 0.3) is 17.6 Å². The van der Waals surface area contributed by atoms with Crippen LogP contribution in [0.5, 0.6) is 23.0 Å². The minimum absolute atomic E-state index is 0.0447. The molecule has 0 unspecified atom stereocenters. The fourth-order valence-corrected chi connectivity index (χ4v) is 7.14. The van der Waals surface area contributed by atoms with Gasteiger partial charge in [-0.05, 0) is 19.9 Å². The van der Waals surface area contributed by atoms with E-state index in [1.807, 2.05) is 0 Å². The number of phenols is 3. The molecule has 320 valence electrons. The smallest absolute Gasteiger partial charge is 0.312 e. The number of aliphatic hydroxyl groups is 2. The van der Waals surface area contributed by atoms with Crippen LogP contribution in [-0.2, 0) is 23.8 Å². The number of guanidine groups is 1. The van der Waals surface area contributed by atoms with Crippen molar-refractivity contribution in [2.75, 3.05) is 12.4 Å². The summed E-state index contributed by atoms with van der Waals surface area (Å²) in [6, 6.07) is 0. The van der Waals surface area contributed by atoms with E-state index in [1.54, 1.807) is 39.2 Å². The number of hydrogen-bond donors (Lipinski definition) is 8. The quantitative estimate of drug-likeness (QED) is 0.0408. The third-order valence-corrected chi connectivity index (χ3v) is 10.6. The Morgan fingerprint density at radius 1 is 1.03 bits per heavy atom. The number of Topliss-reactive ketones (excluding diaryl/α,β-unsaturated/α-hetero) is 1. The number of ketones is 1. The number of esters is 1. The molecule has 0 radical (unpaired) electrons. The van der Waals surface area contributed by atoms with Crippen molar-refractivity contribution in [1.29, 1.82) is 0 Å². The maximum atomic E-state index is 14.3. The van der Waals surface area contributed by atoms with Gasteiger partial charge in [-0.15, -0.1) is 5.10 Å². The molecule has 9 atom stereocenters. The molecule has 20 nitrogen and oxygen atoms in total. The molecule has 20 heteroatoms. The number of allylic oxidation sites excluding steroid dienone is 2. The lowest BCUT2D eigenvalue weighted by molar-refractivity contribution is -0.525. The number of nitro groups is 1. The zero-order valence-electron chi connectivity index (χ0n) is 33.9. The number of rotatable bonds is 5. The summed E-state index contributed by atoms with van der Waals surface area (Å²) in [5.41, 5.74) is 5.72. The van der Waals surface area contributed by atoms with E-state index in [2.05, 4.69) is 15.5 Å². The average molecular weight is 827 g/mol. The zero-order valence-corrected chi connectivity index (χ0v) is 33.9. The van der Waals surface area contributed by atoms with Crippen molar-refractivity contribution in [2.24, 2.45) is 39.6 Å². The first-order chi connectivity index (χ1) is 27.6. The summed E-state index contributed by atoms with van der Waals surface area (Å²) in [5.74, 6) is -10.4. The molecule has 1 amide bonds. The minimum Gasteiger partial charge on any atom is -0.507 e. The number of nitrogens with two attached hydrogens (primary N) is 1. The molecule has 2 aromatic carbocycles. The number of amides is 1. The van der Waals surface area contributed by atoms with E-state index in [-0.39, 0.29) is 22.4 Å². The van der Waals surface area contributed by atoms with E-state index in [4.69, 9.17) is 24.7 Å². The Hall–Kier alpha value is -6.25. The summed E-state index contributed by atoms with van der Waals surface area (Å²) in [4.78, 5) is 51.0. The molecule has 59 heavy (non-hydrogen) atoms. The highest BCUT2D eigenvalue weighted by Gasteiger charge is 2.50. The summed E-state index contributed by atoms with van der Waals surface area (Å²) in [6.07, 6.45) is 3.73. The normalized spacial score (nSPS) is 30.3. The number of benzene rings is 2. The molecule has 5 rings (SSSR count). The molecule has 3 aliphatic heterocycles. The van der Waals surface area contributed by atoms with Crippen molar-refractivity contribution in [1.82, 2.24) is 5.43 Å². The van der Waals surface area contributed by atoms with Crippen LogP contribution >= 0.6 is 0 Å². The summed E-state index contributed by atoms with van der Waals surface area (Å²) in [7, 11) is 1.39. The Labute approximate surface area is 338 Å².